The molecule has 2 aliphatic rings. The molecule has 0 bridgehead atoms. The molecule has 4 rings (SSSR count). The molecule has 6 heteroatoms. The van der Waals surface area contributed by atoms with E-state index in [0.717, 1.165) is 43.6 Å². The van der Waals surface area contributed by atoms with Gasteiger partial charge in [-0.2, -0.15) is 5.26 Å². The quantitative estimate of drug-likeness (QED) is 0.811. The van der Waals surface area contributed by atoms with E-state index in [1.807, 2.05) is 24.3 Å². The first-order valence-corrected chi connectivity index (χ1v) is 10.9. The fourth-order valence-electron chi connectivity index (χ4n) is 4.56. The number of piperazine rings is 1. The van der Waals surface area contributed by atoms with E-state index in [1.54, 1.807) is 0 Å². The summed E-state index contributed by atoms with van der Waals surface area (Å²) in [7, 11) is 0. The maximum absolute atomic E-state index is 13.1. The Morgan fingerprint density at radius 3 is 2.52 bits per heavy atom. The Balaban J connectivity index is 1.61. The van der Waals surface area contributed by atoms with Gasteiger partial charge < -0.3 is 10.2 Å². The number of fused-ring (bicyclic) bond motifs is 1. The van der Waals surface area contributed by atoms with Gasteiger partial charge in [0.25, 0.3) is 0 Å². The zero-order valence-corrected chi connectivity index (χ0v) is 16.9. The third kappa shape index (κ3) is 4.56. The number of carbonyl (C=O) groups is 1. The Labute approximate surface area is 172 Å². The Hall–Kier alpha value is -2.52. The van der Waals surface area contributed by atoms with Gasteiger partial charge in [0.05, 0.1) is 17.1 Å². The van der Waals surface area contributed by atoms with Gasteiger partial charge in [-0.15, -0.1) is 0 Å². The Morgan fingerprint density at radius 2 is 1.83 bits per heavy atom. The highest BCUT2D eigenvalue weighted by atomic mass is 16.1. The van der Waals surface area contributed by atoms with Crippen molar-refractivity contribution < 1.29 is 4.79 Å². The average molecular weight is 392 g/mol. The van der Waals surface area contributed by atoms with Gasteiger partial charge in [0.1, 0.15) is 5.69 Å². The molecule has 0 radical (unpaired) electrons. The molecule has 1 aromatic carbocycles. The van der Waals surface area contributed by atoms with Gasteiger partial charge in [-0.1, -0.05) is 44.2 Å². The normalized spacial score (nSPS) is 19.1. The molecule has 1 unspecified atom stereocenters. The number of hydrogen-bond acceptors (Lipinski definition) is 6. The highest BCUT2D eigenvalue weighted by Gasteiger charge is 2.29. The summed E-state index contributed by atoms with van der Waals surface area (Å²) in [4.78, 5) is 24.8. The number of carbonyl (C=O) groups excluding carboxylic acids is 1. The van der Waals surface area contributed by atoms with Gasteiger partial charge >= 0.3 is 0 Å². The number of hydrogen-bond donors (Lipinski definition) is 1. The van der Waals surface area contributed by atoms with Crippen molar-refractivity contribution in [1.29, 1.82) is 5.26 Å². The highest BCUT2D eigenvalue weighted by molar-refractivity contribution is 5.90. The molecular weight excluding hydrogens is 362 g/mol. The van der Waals surface area contributed by atoms with Crippen LogP contribution in [0.2, 0.25) is 0 Å². The topological polar surface area (TPSA) is 81.9 Å². The standard InChI is InChI=1S/C23H29N5O/c24-16-18(21(29)11-10-17-6-2-1-3-7-17)22-23(28-14-12-25-13-15-28)27-20-9-5-4-8-19(20)26-22/h4-5,8-9,17-18,25H,1-3,6-7,10-15H2. The van der Waals surface area contributed by atoms with Gasteiger partial charge in [-0.25, -0.2) is 9.97 Å². The number of nitriles is 1. The van der Waals surface area contributed by atoms with Crippen LogP contribution in [0.1, 0.15) is 56.6 Å². The predicted octanol–water partition coefficient (Wildman–Crippen LogP) is 3.58. The molecule has 1 aromatic heterocycles. The second kappa shape index (κ2) is 9.32. The van der Waals surface area contributed by atoms with Crippen LogP contribution in [0.4, 0.5) is 5.82 Å². The van der Waals surface area contributed by atoms with Gasteiger partial charge in [0, 0.05) is 32.6 Å². The predicted molar refractivity (Wildman–Crippen MR) is 114 cm³/mol. The Bertz CT molecular complexity index is 894. The third-order valence-corrected chi connectivity index (χ3v) is 6.24. The van der Waals surface area contributed by atoms with Crippen LogP contribution < -0.4 is 10.2 Å². The van der Waals surface area contributed by atoms with Crippen molar-refractivity contribution in [3.8, 4) is 6.07 Å². The van der Waals surface area contributed by atoms with Crippen LogP contribution in [0.15, 0.2) is 24.3 Å². The van der Waals surface area contributed by atoms with Crippen molar-refractivity contribution >= 4 is 22.6 Å². The van der Waals surface area contributed by atoms with E-state index in [1.165, 1.54) is 32.1 Å². The summed E-state index contributed by atoms with van der Waals surface area (Å²) in [6.07, 6.45) is 7.62. The van der Waals surface area contributed by atoms with Crippen LogP contribution in [0.5, 0.6) is 0 Å². The van der Waals surface area contributed by atoms with E-state index < -0.39 is 5.92 Å². The van der Waals surface area contributed by atoms with Crippen molar-refractivity contribution in [2.45, 2.75) is 50.9 Å². The summed E-state index contributed by atoms with van der Waals surface area (Å²) in [5, 5.41) is 13.3. The molecule has 2 heterocycles. The third-order valence-electron chi connectivity index (χ3n) is 6.24. The molecule has 1 N–H and O–H groups in total. The van der Waals surface area contributed by atoms with E-state index >= 15 is 0 Å². The number of para-hydroxylation sites is 2. The van der Waals surface area contributed by atoms with Gasteiger partial charge in [0.2, 0.25) is 0 Å². The van der Waals surface area contributed by atoms with E-state index in [2.05, 4.69) is 16.3 Å². The molecular formula is C23H29N5O. The lowest BCUT2D eigenvalue weighted by molar-refractivity contribution is -0.119. The number of ketones is 1. The number of nitrogens with one attached hydrogen (secondary N) is 1. The summed E-state index contributed by atoms with van der Waals surface area (Å²) in [6.45, 7) is 3.32. The summed E-state index contributed by atoms with van der Waals surface area (Å²) >= 11 is 0. The van der Waals surface area contributed by atoms with Crippen LogP contribution in [-0.2, 0) is 4.79 Å². The second-order valence-corrected chi connectivity index (χ2v) is 8.23. The first-order valence-electron chi connectivity index (χ1n) is 10.9. The number of Topliss-reactive ketones (excluding diaryl/α,β-unsaturated/α-hetero) is 1. The first kappa shape index (κ1) is 19.8. The van der Waals surface area contributed by atoms with E-state index in [0.29, 0.717) is 23.9 Å². The molecule has 29 heavy (non-hydrogen) atoms. The zero-order chi connectivity index (χ0) is 20.1. The molecule has 6 nitrogen and oxygen atoms in total. The number of nitrogens with zero attached hydrogens (tertiary/aromatic N) is 4. The molecule has 2 aromatic rings. The fourth-order valence-corrected chi connectivity index (χ4v) is 4.56. The maximum Gasteiger partial charge on any atom is 0.156 e. The smallest absolute Gasteiger partial charge is 0.156 e. The summed E-state index contributed by atoms with van der Waals surface area (Å²) < 4.78 is 0. The lowest BCUT2D eigenvalue weighted by Gasteiger charge is -2.30. The van der Waals surface area contributed by atoms with Crippen LogP contribution in [0, 0.1) is 17.2 Å². The number of aromatic nitrogens is 2. The lowest BCUT2D eigenvalue weighted by atomic mass is 9.84. The molecule has 2 fully saturated rings. The first-order chi connectivity index (χ1) is 14.3. The largest absolute Gasteiger partial charge is 0.352 e. The Morgan fingerprint density at radius 1 is 1.14 bits per heavy atom. The minimum absolute atomic E-state index is 0.0148. The van der Waals surface area contributed by atoms with Crippen LogP contribution in [0.3, 0.4) is 0 Å². The molecule has 1 aliphatic carbocycles. The monoisotopic (exact) mass is 391 g/mol. The van der Waals surface area contributed by atoms with Crippen molar-refractivity contribution in [2.24, 2.45) is 5.92 Å². The minimum atomic E-state index is -0.847. The zero-order valence-electron chi connectivity index (χ0n) is 16.9. The minimum Gasteiger partial charge on any atom is -0.352 e. The molecule has 0 spiro atoms. The molecule has 1 atom stereocenters. The summed E-state index contributed by atoms with van der Waals surface area (Å²) in [6, 6.07) is 9.94. The highest BCUT2D eigenvalue weighted by Crippen LogP contribution is 2.31. The molecule has 1 saturated carbocycles. The van der Waals surface area contributed by atoms with E-state index in [-0.39, 0.29) is 5.78 Å². The van der Waals surface area contributed by atoms with Crippen molar-refractivity contribution in [1.82, 2.24) is 15.3 Å². The SMILES string of the molecule is N#CC(C(=O)CCC1CCCCC1)c1nc2ccccc2nc1N1CCNCC1. The van der Waals surface area contributed by atoms with Crippen molar-refractivity contribution in [2.75, 3.05) is 31.1 Å². The van der Waals surface area contributed by atoms with Gasteiger partial charge in [-0.3, -0.25) is 4.79 Å². The fraction of sp³-hybridized carbons (Fsp3) is 0.565. The van der Waals surface area contributed by atoms with Crippen LogP contribution in [0.25, 0.3) is 11.0 Å². The lowest BCUT2D eigenvalue weighted by Crippen LogP contribution is -2.44. The van der Waals surface area contributed by atoms with Crippen molar-refractivity contribution in [3.05, 3.63) is 30.0 Å². The average Bonchev–Trinajstić information content (AvgIpc) is 2.79. The number of anilines is 1. The van der Waals surface area contributed by atoms with Crippen LogP contribution in [-0.4, -0.2) is 41.9 Å². The molecule has 152 valence electrons. The summed E-state index contributed by atoms with van der Waals surface area (Å²) in [5.74, 6) is 0.463. The second-order valence-electron chi connectivity index (χ2n) is 8.23. The number of benzene rings is 1. The molecule has 1 aliphatic heterocycles. The van der Waals surface area contributed by atoms with E-state index in [4.69, 9.17) is 9.97 Å². The van der Waals surface area contributed by atoms with Crippen molar-refractivity contribution in [3.63, 3.8) is 0 Å². The summed E-state index contributed by atoms with van der Waals surface area (Å²) in [5.41, 5.74) is 2.07. The van der Waals surface area contributed by atoms with Crippen LogP contribution >= 0.6 is 0 Å². The van der Waals surface area contributed by atoms with Gasteiger partial charge in [0.15, 0.2) is 17.5 Å². The molecule has 0 amide bonds. The Kier molecular flexibility index (Phi) is 6.36. The number of rotatable bonds is 6. The maximum atomic E-state index is 13.1. The van der Waals surface area contributed by atoms with Gasteiger partial charge in [-0.05, 0) is 24.5 Å². The van der Waals surface area contributed by atoms with E-state index in [9.17, 15) is 10.1 Å². The molecule has 1 saturated heterocycles.